The van der Waals surface area contributed by atoms with Gasteiger partial charge in [0, 0.05) is 19.5 Å². The fourth-order valence-electron chi connectivity index (χ4n) is 1.79. The number of nitrogens with zero attached hydrogens (tertiary/aromatic N) is 1. The number of piperidine rings is 1. The molecule has 0 aromatic heterocycles. The van der Waals surface area contributed by atoms with Crippen molar-refractivity contribution in [3.05, 3.63) is 0 Å². The number of hydrogen-bond acceptors (Lipinski definition) is 3. The lowest BCUT2D eigenvalue weighted by Gasteiger charge is -2.31. The highest BCUT2D eigenvalue weighted by atomic mass is 35.5. The summed E-state index contributed by atoms with van der Waals surface area (Å²) in [5.74, 6) is 0.198. The minimum absolute atomic E-state index is 0.0202. The number of carbonyl (C=O) groups excluding carboxylic acids is 2. The van der Waals surface area contributed by atoms with E-state index >= 15 is 0 Å². The summed E-state index contributed by atoms with van der Waals surface area (Å²) in [4.78, 5) is 24.0. The summed E-state index contributed by atoms with van der Waals surface area (Å²) < 4.78 is 4.61. The largest absolute Gasteiger partial charge is 0.469 e. The molecule has 0 N–H and O–H groups in total. The second-order valence-electron chi connectivity index (χ2n) is 3.74. The van der Waals surface area contributed by atoms with Gasteiger partial charge in [-0.3, -0.25) is 9.59 Å². The summed E-state index contributed by atoms with van der Waals surface area (Å²) in [6, 6.07) is 0. The Bertz CT molecular complexity index is 237. The van der Waals surface area contributed by atoms with Crippen LogP contribution >= 0.6 is 11.6 Å². The van der Waals surface area contributed by atoms with Crippen LogP contribution in [0.25, 0.3) is 0 Å². The van der Waals surface area contributed by atoms with Crippen LogP contribution in [0.2, 0.25) is 0 Å². The number of esters is 1. The molecule has 0 saturated carbocycles. The quantitative estimate of drug-likeness (QED) is 0.540. The van der Waals surface area contributed by atoms with E-state index in [0.29, 0.717) is 25.4 Å². The van der Waals surface area contributed by atoms with Gasteiger partial charge in [0.05, 0.1) is 7.11 Å². The molecule has 0 aliphatic carbocycles. The van der Waals surface area contributed by atoms with E-state index in [1.54, 1.807) is 4.90 Å². The van der Waals surface area contributed by atoms with E-state index in [1.807, 2.05) is 0 Å². The zero-order chi connectivity index (χ0) is 11.3. The maximum absolute atomic E-state index is 11.3. The Morgan fingerprint density at radius 1 is 1.40 bits per heavy atom. The van der Waals surface area contributed by atoms with Gasteiger partial charge in [0.2, 0.25) is 5.91 Å². The molecule has 0 unspecified atom stereocenters. The van der Waals surface area contributed by atoms with Gasteiger partial charge in [-0.2, -0.15) is 0 Å². The Morgan fingerprint density at radius 3 is 2.47 bits per heavy atom. The van der Waals surface area contributed by atoms with Crippen molar-refractivity contribution in [2.24, 2.45) is 5.92 Å². The van der Waals surface area contributed by atoms with Gasteiger partial charge in [-0.25, -0.2) is 0 Å². The smallest absolute Gasteiger partial charge is 0.305 e. The molecule has 0 aromatic carbocycles. The van der Waals surface area contributed by atoms with Crippen molar-refractivity contribution >= 4 is 23.5 Å². The third-order valence-electron chi connectivity index (χ3n) is 2.76. The Balaban J connectivity index is 2.29. The lowest BCUT2D eigenvalue weighted by atomic mass is 9.93. The molecule has 1 saturated heterocycles. The number of hydrogen-bond donors (Lipinski definition) is 0. The SMILES string of the molecule is COC(=O)CC1CCN(C(=O)CCl)CC1. The van der Waals surface area contributed by atoms with E-state index in [2.05, 4.69) is 4.74 Å². The van der Waals surface area contributed by atoms with Gasteiger partial charge in [0.25, 0.3) is 0 Å². The second-order valence-corrected chi connectivity index (χ2v) is 4.01. The van der Waals surface area contributed by atoms with Crippen molar-refractivity contribution < 1.29 is 14.3 Å². The predicted octanol–water partition coefficient (Wildman–Crippen LogP) is 1.03. The van der Waals surface area contributed by atoms with Crippen LogP contribution in [0, 0.1) is 5.92 Å². The monoisotopic (exact) mass is 233 g/mol. The van der Waals surface area contributed by atoms with Crippen molar-refractivity contribution in [1.82, 2.24) is 4.90 Å². The highest BCUT2D eigenvalue weighted by Gasteiger charge is 2.23. The molecule has 0 atom stereocenters. The van der Waals surface area contributed by atoms with Gasteiger partial charge in [0.1, 0.15) is 5.88 Å². The first-order valence-electron chi connectivity index (χ1n) is 5.08. The molecule has 1 aliphatic rings. The van der Waals surface area contributed by atoms with E-state index < -0.39 is 0 Å². The summed E-state index contributed by atoms with van der Waals surface area (Å²) in [6.07, 6.45) is 2.18. The first kappa shape index (κ1) is 12.3. The fourth-order valence-corrected chi connectivity index (χ4v) is 1.96. The molecule has 0 spiro atoms. The number of alkyl halides is 1. The Hall–Kier alpha value is -0.770. The summed E-state index contributed by atoms with van der Waals surface area (Å²) >= 11 is 5.46. The van der Waals surface area contributed by atoms with Gasteiger partial charge in [-0.15, -0.1) is 11.6 Å². The van der Waals surface area contributed by atoms with Gasteiger partial charge < -0.3 is 9.64 Å². The predicted molar refractivity (Wildman–Crippen MR) is 56.7 cm³/mol. The number of methoxy groups -OCH3 is 1. The lowest BCUT2D eigenvalue weighted by molar-refractivity contribution is -0.142. The molecular weight excluding hydrogens is 218 g/mol. The molecule has 1 amide bonds. The van der Waals surface area contributed by atoms with Crippen LogP contribution in [-0.4, -0.2) is 42.9 Å². The molecule has 1 aliphatic heterocycles. The third-order valence-corrected chi connectivity index (χ3v) is 2.99. The zero-order valence-electron chi connectivity index (χ0n) is 8.87. The molecule has 1 fully saturated rings. The molecule has 5 heteroatoms. The van der Waals surface area contributed by atoms with Crippen LogP contribution in [0.3, 0.4) is 0 Å². The molecule has 0 radical (unpaired) electrons. The van der Waals surface area contributed by atoms with Crippen LogP contribution in [0.4, 0.5) is 0 Å². The minimum atomic E-state index is -0.169. The van der Waals surface area contributed by atoms with Crippen molar-refractivity contribution in [1.29, 1.82) is 0 Å². The zero-order valence-corrected chi connectivity index (χ0v) is 9.63. The molecule has 1 heterocycles. The van der Waals surface area contributed by atoms with E-state index in [9.17, 15) is 9.59 Å². The van der Waals surface area contributed by atoms with Crippen LogP contribution in [0.15, 0.2) is 0 Å². The van der Waals surface area contributed by atoms with Crippen molar-refractivity contribution in [3.63, 3.8) is 0 Å². The molecule has 0 aromatic rings. The summed E-state index contributed by atoms with van der Waals surface area (Å²) in [6.45, 7) is 1.40. The summed E-state index contributed by atoms with van der Waals surface area (Å²) in [7, 11) is 1.40. The Kier molecular flexibility index (Phi) is 4.88. The van der Waals surface area contributed by atoms with E-state index in [-0.39, 0.29) is 17.8 Å². The van der Waals surface area contributed by atoms with Crippen molar-refractivity contribution in [2.75, 3.05) is 26.1 Å². The van der Waals surface area contributed by atoms with Crippen LogP contribution < -0.4 is 0 Å². The average molecular weight is 234 g/mol. The summed E-state index contributed by atoms with van der Waals surface area (Å²) in [5.41, 5.74) is 0. The molecule has 4 nitrogen and oxygen atoms in total. The average Bonchev–Trinajstić information content (AvgIpc) is 2.29. The second kappa shape index (κ2) is 5.95. The normalized spacial score (nSPS) is 17.6. The first-order valence-corrected chi connectivity index (χ1v) is 5.61. The van der Waals surface area contributed by atoms with Crippen molar-refractivity contribution in [3.8, 4) is 0 Å². The van der Waals surface area contributed by atoms with Gasteiger partial charge >= 0.3 is 5.97 Å². The highest BCUT2D eigenvalue weighted by molar-refractivity contribution is 6.27. The number of ether oxygens (including phenoxy) is 1. The molecule has 0 bridgehead atoms. The fraction of sp³-hybridized carbons (Fsp3) is 0.800. The highest BCUT2D eigenvalue weighted by Crippen LogP contribution is 2.20. The van der Waals surface area contributed by atoms with E-state index in [1.165, 1.54) is 7.11 Å². The maximum Gasteiger partial charge on any atom is 0.305 e. The maximum atomic E-state index is 11.3. The Labute approximate surface area is 94.5 Å². The molecule has 86 valence electrons. The van der Waals surface area contributed by atoms with Crippen LogP contribution in [-0.2, 0) is 14.3 Å². The standard InChI is InChI=1S/C10H16ClNO3/c1-15-10(14)6-8-2-4-12(5-3-8)9(13)7-11/h8H,2-7H2,1H3. The van der Waals surface area contributed by atoms with Gasteiger partial charge in [-0.1, -0.05) is 0 Å². The lowest BCUT2D eigenvalue weighted by Crippen LogP contribution is -2.39. The van der Waals surface area contributed by atoms with Crippen molar-refractivity contribution in [2.45, 2.75) is 19.3 Å². The van der Waals surface area contributed by atoms with Crippen LogP contribution in [0.5, 0.6) is 0 Å². The third kappa shape index (κ3) is 3.70. The number of halogens is 1. The van der Waals surface area contributed by atoms with E-state index in [4.69, 9.17) is 11.6 Å². The summed E-state index contributed by atoms with van der Waals surface area (Å²) in [5, 5.41) is 0. The van der Waals surface area contributed by atoms with E-state index in [0.717, 1.165) is 12.8 Å². The number of amides is 1. The Morgan fingerprint density at radius 2 is 2.00 bits per heavy atom. The van der Waals surface area contributed by atoms with Gasteiger partial charge in [0.15, 0.2) is 0 Å². The van der Waals surface area contributed by atoms with Crippen LogP contribution in [0.1, 0.15) is 19.3 Å². The molecule has 15 heavy (non-hydrogen) atoms. The first-order chi connectivity index (χ1) is 7.17. The topological polar surface area (TPSA) is 46.6 Å². The molecular formula is C10H16ClNO3. The minimum Gasteiger partial charge on any atom is -0.469 e. The number of carbonyl (C=O) groups is 2. The van der Waals surface area contributed by atoms with Gasteiger partial charge in [-0.05, 0) is 18.8 Å². The molecule has 1 rings (SSSR count). The number of likely N-dealkylation sites (tertiary alicyclic amines) is 1. The number of rotatable bonds is 3.